The van der Waals surface area contributed by atoms with E-state index in [1.54, 1.807) is 12.1 Å². The Balaban J connectivity index is 1.61. The second-order valence-corrected chi connectivity index (χ2v) is 8.84. The van der Waals surface area contributed by atoms with Crippen molar-refractivity contribution < 1.29 is 17.6 Å². The number of carbonyl (C=O) groups excluding carboxylic acids is 1. The zero-order chi connectivity index (χ0) is 19.6. The summed E-state index contributed by atoms with van der Waals surface area (Å²) in [4.78, 5) is 12.5. The van der Waals surface area contributed by atoms with Gasteiger partial charge in [-0.3, -0.25) is 4.79 Å². The molecule has 2 aromatic rings. The number of piperidine rings is 1. The minimum Gasteiger partial charge on any atom is -0.349 e. The number of benzene rings is 2. The highest BCUT2D eigenvalue weighted by atomic mass is 32.2. The van der Waals surface area contributed by atoms with Crippen LogP contribution in [0.5, 0.6) is 0 Å². The largest absolute Gasteiger partial charge is 0.349 e. The maximum atomic E-state index is 13.0. The average Bonchev–Trinajstić information content (AvgIpc) is 2.65. The molecule has 1 N–H and O–H groups in total. The van der Waals surface area contributed by atoms with Crippen molar-refractivity contribution in [1.82, 2.24) is 9.62 Å². The third-order valence-corrected chi connectivity index (χ3v) is 6.91. The first-order chi connectivity index (χ1) is 12.8. The van der Waals surface area contributed by atoms with E-state index in [4.69, 9.17) is 0 Å². The highest BCUT2D eigenvalue weighted by molar-refractivity contribution is 7.89. The van der Waals surface area contributed by atoms with Gasteiger partial charge in [-0.1, -0.05) is 6.07 Å². The number of carbonyl (C=O) groups is 1. The molecule has 1 saturated heterocycles. The van der Waals surface area contributed by atoms with E-state index in [1.165, 1.54) is 28.6 Å². The SMILES string of the molecule is Cc1ccc(S(=O)(=O)N2CCC(NC(=O)c3ccc(F)cc3)CC2)cc1C. The number of hydrogen-bond donors (Lipinski definition) is 1. The second kappa shape index (κ2) is 7.78. The number of amides is 1. The highest BCUT2D eigenvalue weighted by Crippen LogP contribution is 2.23. The van der Waals surface area contributed by atoms with Crippen molar-refractivity contribution in [3.63, 3.8) is 0 Å². The first-order valence-corrected chi connectivity index (χ1v) is 10.4. The highest BCUT2D eigenvalue weighted by Gasteiger charge is 2.30. The van der Waals surface area contributed by atoms with Gasteiger partial charge in [0, 0.05) is 24.7 Å². The molecule has 1 heterocycles. The number of hydrogen-bond acceptors (Lipinski definition) is 3. The molecule has 144 valence electrons. The van der Waals surface area contributed by atoms with Gasteiger partial charge in [0.1, 0.15) is 5.82 Å². The Kier molecular flexibility index (Phi) is 5.62. The van der Waals surface area contributed by atoms with E-state index in [-0.39, 0.29) is 11.9 Å². The van der Waals surface area contributed by atoms with Crippen molar-refractivity contribution in [3.05, 3.63) is 65.0 Å². The molecule has 5 nitrogen and oxygen atoms in total. The normalized spacial score (nSPS) is 16.3. The fourth-order valence-corrected chi connectivity index (χ4v) is 4.69. The summed E-state index contributed by atoms with van der Waals surface area (Å²) in [5.41, 5.74) is 2.38. The Labute approximate surface area is 159 Å². The number of nitrogens with one attached hydrogen (secondary N) is 1. The smallest absolute Gasteiger partial charge is 0.251 e. The average molecular weight is 390 g/mol. The lowest BCUT2D eigenvalue weighted by Gasteiger charge is -2.31. The van der Waals surface area contributed by atoms with Gasteiger partial charge < -0.3 is 5.32 Å². The summed E-state index contributed by atoms with van der Waals surface area (Å²) in [5.74, 6) is -0.665. The molecule has 1 aliphatic rings. The van der Waals surface area contributed by atoms with Crippen molar-refractivity contribution in [2.75, 3.05) is 13.1 Å². The van der Waals surface area contributed by atoms with Crippen LogP contribution in [0.25, 0.3) is 0 Å². The summed E-state index contributed by atoms with van der Waals surface area (Å²) in [6, 6.07) is 10.4. The number of halogens is 1. The number of aryl methyl sites for hydroxylation is 2. The van der Waals surface area contributed by atoms with E-state index in [2.05, 4.69) is 5.32 Å². The van der Waals surface area contributed by atoms with Gasteiger partial charge >= 0.3 is 0 Å². The molecule has 0 saturated carbocycles. The standard InChI is InChI=1S/C20H23FN2O3S/c1-14-3-8-19(13-15(14)2)27(25,26)23-11-9-18(10-12-23)22-20(24)16-4-6-17(21)7-5-16/h3-8,13,18H,9-12H2,1-2H3,(H,22,24). The van der Waals surface area contributed by atoms with Gasteiger partial charge in [-0.05, 0) is 74.2 Å². The number of sulfonamides is 1. The van der Waals surface area contributed by atoms with Crippen LogP contribution < -0.4 is 5.32 Å². The Morgan fingerprint density at radius 2 is 1.67 bits per heavy atom. The molecule has 7 heteroatoms. The fourth-order valence-electron chi connectivity index (χ4n) is 3.13. The van der Waals surface area contributed by atoms with Crippen molar-refractivity contribution >= 4 is 15.9 Å². The molecule has 1 fully saturated rings. The summed E-state index contributed by atoms with van der Waals surface area (Å²) in [6.07, 6.45) is 1.08. The summed E-state index contributed by atoms with van der Waals surface area (Å²) >= 11 is 0. The Bertz CT molecular complexity index is 934. The molecule has 0 unspecified atom stereocenters. The molecule has 1 amide bonds. The molecule has 0 atom stereocenters. The van der Waals surface area contributed by atoms with E-state index in [1.807, 2.05) is 19.9 Å². The zero-order valence-electron chi connectivity index (χ0n) is 15.4. The van der Waals surface area contributed by atoms with E-state index in [9.17, 15) is 17.6 Å². The van der Waals surface area contributed by atoms with Crippen LogP contribution in [0.4, 0.5) is 4.39 Å². The maximum Gasteiger partial charge on any atom is 0.251 e. The topological polar surface area (TPSA) is 66.5 Å². The zero-order valence-corrected chi connectivity index (χ0v) is 16.2. The van der Waals surface area contributed by atoms with Gasteiger partial charge in [-0.15, -0.1) is 0 Å². The predicted molar refractivity (Wildman–Crippen MR) is 102 cm³/mol. The molecule has 0 bridgehead atoms. The van der Waals surface area contributed by atoms with E-state index in [0.717, 1.165) is 11.1 Å². The van der Waals surface area contributed by atoms with Crippen molar-refractivity contribution in [2.24, 2.45) is 0 Å². The molecule has 2 aromatic carbocycles. The third-order valence-electron chi connectivity index (χ3n) is 5.01. The molecular formula is C20H23FN2O3S. The van der Waals surface area contributed by atoms with Crippen LogP contribution in [0.2, 0.25) is 0 Å². The predicted octanol–water partition coefficient (Wildman–Crippen LogP) is 3.03. The van der Waals surface area contributed by atoms with Gasteiger partial charge in [0.05, 0.1) is 4.90 Å². The molecule has 0 aromatic heterocycles. The summed E-state index contributed by atoms with van der Waals surface area (Å²) < 4.78 is 40.1. The summed E-state index contributed by atoms with van der Waals surface area (Å²) in [5, 5.41) is 2.90. The van der Waals surface area contributed by atoms with Gasteiger partial charge in [0.25, 0.3) is 5.91 Å². The van der Waals surface area contributed by atoms with Gasteiger partial charge in [0.15, 0.2) is 0 Å². The lowest BCUT2D eigenvalue weighted by atomic mass is 10.1. The first-order valence-electron chi connectivity index (χ1n) is 8.91. The van der Waals surface area contributed by atoms with E-state index < -0.39 is 15.8 Å². The quantitative estimate of drug-likeness (QED) is 0.873. The molecule has 1 aliphatic heterocycles. The Morgan fingerprint density at radius 3 is 2.26 bits per heavy atom. The van der Waals surface area contributed by atoms with Crippen molar-refractivity contribution in [3.8, 4) is 0 Å². The monoisotopic (exact) mass is 390 g/mol. The van der Waals surface area contributed by atoms with Crippen LogP contribution in [-0.4, -0.2) is 37.8 Å². The molecule has 0 aliphatic carbocycles. The first kappa shape index (κ1) is 19.5. The van der Waals surface area contributed by atoms with Crippen LogP contribution >= 0.6 is 0 Å². The van der Waals surface area contributed by atoms with E-state index in [0.29, 0.717) is 36.4 Å². The maximum absolute atomic E-state index is 13.0. The van der Waals surface area contributed by atoms with Gasteiger partial charge in [-0.2, -0.15) is 4.31 Å². The molecular weight excluding hydrogens is 367 g/mol. The lowest BCUT2D eigenvalue weighted by Crippen LogP contribution is -2.46. The van der Waals surface area contributed by atoms with Gasteiger partial charge in [0.2, 0.25) is 10.0 Å². The molecule has 3 rings (SSSR count). The number of rotatable bonds is 4. The van der Waals surface area contributed by atoms with Crippen LogP contribution in [0.3, 0.4) is 0 Å². The number of nitrogens with zero attached hydrogens (tertiary/aromatic N) is 1. The summed E-state index contributed by atoms with van der Waals surface area (Å²) in [6.45, 7) is 4.54. The Morgan fingerprint density at radius 1 is 1.04 bits per heavy atom. The van der Waals surface area contributed by atoms with Crippen molar-refractivity contribution in [2.45, 2.75) is 37.6 Å². The lowest BCUT2D eigenvalue weighted by molar-refractivity contribution is 0.0924. The van der Waals surface area contributed by atoms with Crippen molar-refractivity contribution in [1.29, 1.82) is 0 Å². The van der Waals surface area contributed by atoms with Crippen LogP contribution in [0.15, 0.2) is 47.4 Å². The van der Waals surface area contributed by atoms with Crippen LogP contribution in [0, 0.1) is 19.7 Å². The minimum atomic E-state index is -3.53. The molecule has 27 heavy (non-hydrogen) atoms. The summed E-state index contributed by atoms with van der Waals surface area (Å²) in [7, 11) is -3.53. The van der Waals surface area contributed by atoms with Crippen LogP contribution in [0.1, 0.15) is 34.3 Å². The molecule has 0 radical (unpaired) electrons. The van der Waals surface area contributed by atoms with Crippen LogP contribution in [-0.2, 0) is 10.0 Å². The van der Waals surface area contributed by atoms with E-state index >= 15 is 0 Å². The minimum absolute atomic E-state index is 0.103. The fraction of sp³-hybridized carbons (Fsp3) is 0.350. The molecule has 0 spiro atoms. The second-order valence-electron chi connectivity index (χ2n) is 6.90. The van der Waals surface area contributed by atoms with Gasteiger partial charge in [-0.25, -0.2) is 12.8 Å². The Hall–Kier alpha value is -2.25. The third kappa shape index (κ3) is 4.36.